The predicted octanol–water partition coefficient (Wildman–Crippen LogP) is 3.95. The van der Waals surface area contributed by atoms with Gasteiger partial charge in [0.15, 0.2) is 0 Å². The zero-order chi connectivity index (χ0) is 15.2. The highest BCUT2D eigenvalue weighted by atomic mass is 16.5. The molecule has 112 valence electrons. The Bertz CT molecular complexity index is 597. The van der Waals surface area contributed by atoms with Crippen LogP contribution >= 0.6 is 0 Å². The van der Waals surface area contributed by atoms with Crippen LogP contribution in [0.4, 0.5) is 17.1 Å². The summed E-state index contributed by atoms with van der Waals surface area (Å²) in [7, 11) is 1.69. The number of nitrogens with one attached hydrogen (secondary N) is 1. The first-order chi connectivity index (χ1) is 10.1. The molecular formula is C17H22N2O2. The predicted molar refractivity (Wildman–Crippen MR) is 87.1 cm³/mol. The molecule has 0 aromatic heterocycles. The second-order valence-electron chi connectivity index (χ2n) is 5.17. The molecule has 0 fully saturated rings. The number of rotatable bonds is 6. The topological polar surface area (TPSA) is 56.5 Å². The maximum atomic E-state index is 5.94. The van der Waals surface area contributed by atoms with Gasteiger partial charge in [-0.25, -0.2) is 0 Å². The molecule has 2 rings (SSSR count). The van der Waals surface area contributed by atoms with Gasteiger partial charge in [-0.05, 0) is 26.0 Å². The molecule has 21 heavy (non-hydrogen) atoms. The lowest BCUT2D eigenvalue weighted by atomic mass is 10.1. The number of benzene rings is 2. The molecule has 0 atom stereocenters. The van der Waals surface area contributed by atoms with Gasteiger partial charge in [0.05, 0.1) is 12.7 Å². The van der Waals surface area contributed by atoms with E-state index in [0.29, 0.717) is 12.3 Å². The summed E-state index contributed by atoms with van der Waals surface area (Å²) in [4.78, 5) is 0. The second kappa shape index (κ2) is 6.99. The average Bonchev–Trinajstić information content (AvgIpc) is 2.40. The van der Waals surface area contributed by atoms with Gasteiger partial charge in [-0.2, -0.15) is 0 Å². The molecule has 4 nitrogen and oxygen atoms in total. The van der Waals surface area contributed by atoms with Crippen LogP contribution in [0.5, 0.6) is 5.75 Å². The van der Waals surface area contributed by atoms with Gasteiger partial charge in [0.1, 0.15) is 5.75 Å². The molecule has 0 saturated carbocycles. The van der Waals surface area contributed by atoms with Crippen molar-refractivity contribution >= 4 is 17.1 Å². The van der Waals surface area contributed by atoms with Crippen LogP contribution < -0.4 is 15.8 Å². The van der Waals surface area contributed by atoms with Crippen molar-refractivity contribution < 1.29 is 9.47 Å². The van der Waals surface area contributed by atoms with E-state index in [1.807, 2.05) is 56.3 Å². The Morgan fingerprint density at radius 1 is 1.14 bits per heavy atom. The van der Waals surface area contributed by atoms with E-state index in [9.17, 15) is 0 Å². The van der Waals surface area contributed by atoms with E-state index in [1.165, 1.54) is 0 Å². The van der Waals surface area contributed by atoms with Crippen LogP contribution in [0.2, 0.25) is 0 Å². The summed E-state index contributed by atoms with van der Waals surface area (Å²) in [6, 6.07) is 13.7. The van der Waals surface area contributed by atoms with Crippen molar-refractivity contribution in [3.05, 3.63) is 48.0 Å². The van der Waals surface area contributed by atoms with Crippen LogP contribution in [0.25, 0.3) is 0 Å². The number of nitrogens with two attached hydrogens (primary N) is 1. The standard InChI is InChI=1S/C17H22N2O2/c1-12(2)21-16-9-14(18)8-15(10-16)19-17-7-5-4-6-13(17)11-20-3/h4-10,12,19H,11,18H2,1-3H3. The van der Waals surface area contributed by atoms with Gasteiger partial charge in [0, 0.05) is 41.9 Å². The van der Waals surface area contributed by atoms with Crippen LogP contribution in [0.1, 0.15) is 19.4 Å². The first-order valence-corrected chi connectivity index (χ1v) is 6.99. The maximum absolute atomic E-state index is 5.94. The van der Waals surface area contributed by atoms with Crippen LogP contribution in [0.3, 0.4) is 0 Å². The van der Waals surface area contributed by atoms with Crippen molar-refractivity contribution in [1.29, 1.82) is 0 Å². The smallest absolute Gasteiger partial charge is 0.123 e. The second-order valence-corrected chi connectivity index (χ2v) is 5.17. The fraction of sp³-hybridized carbons (Fsp3) is 0.294. The van der Waals surface area contributed by atoms with Crippen LogP contribution in [-0.4, -0.2) is 13.2 Å². The number of hydrogen-bond acceptors (Lipinski definition) is 4. The lowest BCUT2D eigenvalue weighted by Gasteiger charge is -2.15. The summed E-state index contributed by atoms with van der Waals surface area (Å²) in [6.45, 7) is 4.54. The highest BCUT2D eigenvalue weighted by molar-refractivity contribution is 5.68. The minimum Gasteiger partial charge on any atom is -0.491 e. The largest absolute Gasteiger partial charge is 0.491 e. The number of nitrogen functional groups attached to an aromatic ring is 1. The molecule has 0 heterocycles. The van der Waals surface area contributed by atoms with Crippen molar-refractivity contribution in [2.75, 3.05) is 18.2 Å². The fourth-order valence-corrected chi connectivity index (χ4v) is 2.11. The van der Waals surface area contributed by atoms with Crippen molar-refractivity contribution in [1.82, 2.24) is 0 Å². The summed E-state index contributed by atoms with van der Waals surface area (Å²) < 4.78 is 10.9. The highest BCUT2D eigenvalue weighted by Crippen LogP contribution is 2.27. The average molecular weight is 286 g/mol. The molecule has 0 saturated heterocycles. The number of anilines is 3. The van der Waals surface area contributed by atoms with E-state index in [4.69, 9.17) is 15.2 Å². The zero-order valence-corrected chi connectivity index (χ0v) is 12.7. The Morgan fingerprint density at radius 2 is 1.90 bits per heavy atom. The van der Waals surface area contributed by atoms with E-state index in [-0.39, 0.29) is 6.10 Å². The Morgan fingerprint density at radius 3 is 2.62 bits per heavy atom. The molecule has 0 amide bonds. The maximum Gasteiger partial charge on any atom is 0.123 e. The number of hydrogen-bond donors (Lipinski definition) is 2. The molecule has 0 unspecified atom stereocenters. The van der Waals surface area contributed by atoms with Gasteiger partial charge in [0.2, 0.25) is 0 Å². The van der Waals surface area contributed by atoms with Crippen LogP contribution in [0.15, 0.2) is 42.5 Å². The molecule has 3 N–H and O–H groups in total. The van der Waals surface area contributed by atoms with Gasteiger partial charge in [-0.3, -0.25) is 0 Å². The SMILES string of the molecule is COCc1ccccc1Nc1cc(N)cc(OC(C)C)c1. The van der Waals surface area contributed by atoms with Crippen LogP contribution in [0, 0.1) is 0 Å². The lowest BCUT2D eigenvalue weighted by molar-refractivity contribution is 0.185. The van der Waals surface area contributed by atoms with Gasteiger partial charge >= 0.3 is 0 Å². The number of para-hydroxylation sites is 1. The molecule has 2 aromatic rings. The Labute approximate surface area is 125 Å². The molecule has 2 aromatic carbocycles. The normalized spacial score (nSPS) is 10.7. The zero-order valence-electron chi connectivity index (χ0n) is 12.7. The molecule has 0 aliphatic rings. The van der Waals surface area contributed by atoms with Crippen LogP contribution in [-0.2, 0) is 11.3 Å². The fourth-order valence-electron chi connectivity index (χ4n) is 2.11. The third-order valence-electron chi connectivity index (χ3n) is 2.90. The van der Waals surface area contributed by atoms with Gasteiger partial charge < -0.3 is 20.5 Å². The molecule has 4 heteroatoms. The van der Waals surface area contributed by atoms with Crippen molar-refractivity contribution in [2.24, 2.45) is 0 Å². The molecule has 0 aliphatic carbocycles. The highest BCUT2D eigenvalue weighted by Gasteiger charge is 2.05. The third kappa shape index (κ3) is 4.39. The minimum atomic E-state index is 0.112. The quantitative estimate of drug-likeness (QED) is 0.790. The molecule has 0 radical (unpaired) electrons. The Hall–Kier alpha value is -2.20. The number of ether oxygens (including phenoxy) is 2. The third-order valence-corrected chi connectivity index (χ3v) is 2.90. The van der Waals surface area contributed by atoms with Gasteiger partial charge in [0.25, 0.3) is 0 Å². The van der Waals surface area contributed by atoms with E-state index in [0.717, 1.165) is 22.7 Å². The first kappa shape index (κ1) is 15.2. The summed E-state index contributed by atoms with van der Waals surface area (Å²) in [5.74, 6) is 0.761. The Kier molecular flexibility index (Phi) is 5.06. The molecular weight excluding hydrogens is 264 g/mol. The van der Waals surface area contributed by atoms with Crippen molar-refractivity contribution in [3.63, 3.8) is 0 Å². The molecule has 0 bridgehead atoms. The van der Waals surface area contributed by atoms with E-state index < -0.39 is 0 Å². The first-order valence-electron chi connectivity index (χ1n) is 6.99. The van der Waals surface area contributed by atoms with E-state index in [2.05, 4.69) is 5.32 Å². The minimum absolute atomic E-state index is 0.112. The molecule has 0 aliphatic heterocycles. The number of methoxy groups -OCH3 is 1. The molecule has 0 spiro atoms. The van der Waals surface area contributed by atoms with E-state index >= 15 is 0 Å². The summed E-state index contributed by atoms with van der Waals surface area (Å²) >= 11 is 0. The van der Waals surface area contributed by atoms with Gasteiger partial charge in [-0.1, -0.05) is 18.2 Å². The Balaban J connectivity index is 2.25. The summed E-state index contributed by atoms with van der Waals surface area (Å²) in [5, 5.41) is 3.37. The van der Waals surface area contributed by atoms with Gasteiger partial charge in [-0.15, -0.1) is 0 Å². The summed E-state index contributed by atoms with van der Waals surface area (Å²) in [5.41, 5.74) is 9.60. The van der Waals surface area contributed by atoms with Crippen molar-refractivity contribution in [2.45, 2.75) is 26.6 Å². The van der Waals surface area contributed by atoms with E-state index in [1.54, 1.807) is 7.11 Å². The van der Waals surface area contributed by atoms with Crippen molar-refractivity contribution in [3.8, 4) is 5.75 Å². The summed E-state index contributed by atoms with van der Waals surface area (Å²) in [6.07, 6.45) is 0.112. The lowest BCUT2D eigenvalue weighted by Crippen LogP contribution is -2.06. The monoisotopic (exact) mass is 286 g/mol.